The molecule has 8 aliphatic carbocycles. The van der Waals surface area contributed by atoms with Gasteiger partial charge in [-0.05, 0) is 113 Å². The molecule has 0 spiro atoms. The Morgan fingerprint density at radius 2 is 0.700 bits per heavy atom. The highest BCUT2D eigenvalue weighted by molar-refractivity contribution is 5.88. The van der Waals surface area contributed by atoms with Gasteiger partial charge in [0.1, 0.15) is 11.7 Å². The second-order valence-electron chi connectivity index (χ2n) is 13.1. The number of hydrogen-bond acceptors (Lipinski definition) is 2. The van der Waals surface area contributed by atoms with Crippen LogP contribution in [0.1, 0.15) is 77.0 Å². The Hall–Kier alpha value is -1.06. The molecule has 9 fully saturated rings. The summed E-state index contributed by atoms with van der Waals surface area (Å²) in [6.07, 6.45) is 16.6. The molecule has 0 aromatic rings. The van der Waals surface area contributed by atoms with Crippen LogP contribution >= 0.6 is 0 Å². The molecule has 0 atom stereocenters. The standard InChI is InChI=1S/C26H40N4/c27-23(25-11-17-5-18(12-25)7-19(6-17)13-25)29-1-2-30(4-3-29)24(28)26-14-20-8-21(15-26)10-22(9-20)16-26/h17-22,27-28H,1-16H2. The Morgan fingerprint density at radius 1 is 0.467 bits per heavy atom. The van der Waals surface area contributed by atoms with Gasteiger partial charge in [0.2, 0.25) is 0 Å². The Balaban J connectivity index is 1.03. The maximum atomic E-state index is 9.23. The average molecular weight is 409 g/mol. The van der Waals surface area contributed by atoms with Crippen molar-refractivity contribution in [2.45, 2.75) is 77.0 Å². The van der Waals surface area contributed by atoms with Crippen molar-refractivity contribution in [3.05, 3.63) is 0 Å². The zero-order valence-corrected chi connectivity index (χ0v) is 18.7. The van der Waals surface area contributed by atoms with E-state index in [4.69, 9.17) is 0 Å². The normalized spacial score (nSPS) is 50.9. The maximum absolute atomic E-state index is 9.23. The van der Waals surface area contributed by atoms with Gasteiger partial charge < -0.3 is 9.80 Å². The van der Waals surface area contributed by atoms with Crippen molar-refractivity contribution in [1.29, 1.82) is 10.8 Å². The first kappa shape index (κ1) is 18.5. The van der Waals surface area contributed by atoms with E-state index in [9.17, 15) is 10.8 Å². The molecular formula is C26H40N4. The van der Waals surface area contributed by atoms with E-state index in [0.717, 1.165) is 73.4 Å². The van der Waals surface area contributed by atoms with Crippen molar-refractivity contribution in [2.24, 2.45) is 46.3 Å². The summed E-state index contributed by atoms with van der Waals surface area (Å²) in [7, 11) is 0. The van der Waals surface area contributed by atoms with E-state index in [0.29, 0.717) is 0 Å². The summed E-state index contributed by atoms with van der Waals surface area (Å²) in [5.74, 6) is 7.52. The van der Waals surface area contributed by atoms with Crippen LogP contribution in [-0.2, 0) is 0 Å². The molecule has 4 nitrogen and oxygen atoms in total. The van der Waals surface area contributed by atoms with Gasteiger partial charge in [-0.25, -0.2) is 0 Å². The van der Waals surface area contributed by atoms with E-state index in [2.05, 4.69) is 9.80 Å². The number of nitrogens with zero attached hydrogens (tertiary/aromatic N) is 2. The monoisotopic (exact) mass is 408 g/mol. The first-order valence-corrected chi connectivity index (χ1v) is 13.2. The quantitative estimate of drug-likeness (QED) is 0.499. The summed E-state index contributed by atoms with van der Waals surface area (Å²) in [6, 6.07) is 0. The van der Waals surface area contributed by atoms with Crippen molar-refractivity contribution in [1.82, 2.24) is 9.80 Å². The van der Waals surface area contributed by atoms with Gasteiger partial charge in [0, 0.05) is 37.0 Å². The Bertz CT molecular complexity index is 626. The minimum absolute atomic E-state index is 0.227. The van der Waals surface area contributed by atoms with E-state index >= 15 is 0 Å². The van der Waals surface area contributed by atoms with Gasteiger partial charge in [0.25, 0.3) is 0 Å². The molecule has 9 rings (SSSR count). The molecule has 30 heavy (non-hydrogen) atoms. The summed E-state index contributed by atoms with van der Waals surface area (Å²) < 4.78 is 0. The van der Waals surface area contributed by atoms with Crippen molar-refractivity contribution < 1.29 is 0 Å². The van der Waals surface area contributed by atoms with Gasteiger partial charge in [-0.3, -0.25) is 10.8 Å². The summed E-state index contributed by atoms with van der Waals surface area (Å²) in [5, 5.41) is 18.5. The fourth-order valence-corrected chi connectivity index (χ4v) is 10.6. The summed E-state index contributed by atoms with van der Waals surface area (Å²) in [5.41, 5.74) is 0.453. The van der Waals surface area contributed by atoms with E-state index in [-0.39, 0.29) is 10.8 Å². The van der Waals surface area contributed by atoms with Gasteiger partial charge in [-0.1, -0.05) is 0 Å². The molecular weight excluding hydrogens is 368 g/mol. The van der Waals surface area contributed by atoms with E-state index < -0.39 is 0 Å². The second kappa shape index (κ2) is 6.25. The highest BCUT2D eigenvalue weighted by atomic mass is 15.3. The summed E-state index contributed by atoms with van der Waals surface area (Å²) in [4.78, 5) is 4.88. The van der Waals surface area contributed by atoms with Crippen LogP contribution in [0.15, 0.2) is 0 Å². The highest BCUT2D eigenvalue weighted by Gasteiger charge is 2.56. The minimum Gasteiger partial charge on any atom is -0.357 e. The molecule has 0 aromatic heterocycles. The summed E-state index contributed by atoms with van der Waals surface area (Å²) in [6.45, 7) is 3.93. The third kappa shape index (κ3) is 2.64. The van der Waals surface area contributed by atoms with Crippen molar-refractivity contribution in [3.8, 4) is 0 Å². The molecule has 0 radical (unpaired) electrons. The highest BCUT2D eigenvalue weighted by Crippen LogP contribution is 2.62. The second-order valence-corrected chi connectivity index (χ2v) is 13.1. The third-order valence-corrected chi connectivity index (χ3v) is 11.0. The molecule has 0 amide bonds. The number of piperazine rings is 1. The van der Waals surface area contributed by atoms with Crippen LogP contribution in [0, 0.1) is 57.2 Å². The van der Waals surface area contributed by atoms with E-state index in [1.807, 2.05) is 0 Å². The number of nitrogens with one attached hydrogen (secondary N) is 2. The van der Waals surface area contributed by atoms with Crippen LogP contribution in [0.4, 0.5) is 0 Å². The molecule has 4 heteroatoms. The molecule has 8 bridgehead atoms. The SMILES string of the molecule is N=C(N1CCN(C(=N)C23CC4CC(CC(C4)C2)C3)CC1)C12CC3CC(CC(C3)C1)C2. The molecule has 1 saturated heterocycles. The largest absolute Gasteiger partial charge is 0.357 e. The Labute approximate surface area is 182 Å². The zero-order valence-electron chi connectivity index (χ0n) is 18.7. The van der Waals surface area contributed by atoms with E-state index in [1.54, 1.807) is 0 Å². The lowest BCUT2D eigenvalue weighted by atomic mass is 9.49. The molecule has 9 aliphatic rings. The minimum atomic E-state index is 0.227. The average Bonchev–Trinajstić information content (AvgIpc) is 2.71. The number of hydrogen-bond donors (Lipinski definition) is 2. The van der Waals surface area contributed by atoms with Crippen LogP contribution in [-0.4, -0.2) is 47.7 Å². The van der Waals surface area contributed by atoms with Crippen molar-refractivity contribution >= 4 is 11.7 Å². The van der Waals surface area contributed by atoms with Gasteiger partial charge in [-0.15, -0.1) is 0 Å². The fraction of sp³-hybridized carbons (Fsp3) is 0.923. The molecule has 1 heterocycles. The van der Waals surface area contributed by atoms with E-state index in [1.165, 1.54) is 77.0 Å². The first-order chi connectivity index (χ1) is 14.5. The smallest absolute Gasteiger partial charge is 0.102 e. The molecule has 2 N–H and O–H groups in total. The number of rotatable bonds is 2. The third-order valence-electron chi connectivity index (χ3n) is 11.0. The van der Waals surface area contributed by atoms with Crippen LogP contribution in [0.5, 0.6) is 0 Å². The molecule has 164 valence electrons. The zero-order chi connectivity index (χ0) is 20.1. The summed E-state index contributed by atoms with van der Waals surface area (Å²) >= 11 is 0. The van der Waals surface area contributed by atoms with Crippen LogP contribution in [0.3, 0.4) is 0 Å². The van der Waals surface area contributed by atoms with Gasteiger partial charge >= 0.3 is 0 Å². The molecule has 1 aliphatic heterocycles. The molecule has 0 unspecified atom stereocenters. The molecule has 8 saturated carbocycles. The predicted molar refractivity (Wildman–Crippen MR) is 120 cm³/mol. The first-order valence-electron chi connectivity index (χ1n) is 13.2. The van der Waals surface area contributed by atoms with Crippen molar-refractivity contribution in [2.75, 3.05) is 26.2 Å². The van der Waals surface area contributed by atoms with Crippen LogP contribution in [0.2, 0.25) is 0 Å². The van der Waals surface area contributed by atoms with Crippen LogP contribution < -0.4 is 0 Å². The Morgan fingerprint density at radius 3 is 0.933 bits per heavy atom. The van der Waals surface area contributed by atoms with Crippen LogP contribution in [0.25, 0.3) is 0 Å². The van der Waals surface area contributed by atoms with Gasteiger partial charge in [0.15, 0.2) is 0 Å². The lowest BCUT2D eigenvalue weighted by Crippen LogP contribution is -2.61. The predicted octanol–water partition coefficient (Wildman–Crippen LogP) is 4.99. The fourth-order valence-electron chi connectivity index (χ4n) is 10.6. The topological polar surface area (TPSA) is 54.2 Å². The lowest BCUT2D eigenvalue weighted by molar-refractivity contribution is -0.0236. The Kier molecular flexibility index (Phi) is 3.86. The lowest BCUT2D eigenvalue weighted by Gasteiger charge is -2.59. The van der Waals surface area contributed by atoms with Gasteiger partial charge in [0.05, 0.1) is 0 Å². The van der Waals surface area contributed by atoms with Gasteiger partial charge in [-0.2, -0.15) is 0 Å². The molecule has 0 aromatic carbocycles. The maximum Gasteiger partial charge on any atom is 0.102 e. The van der Waals surface area contributed by atoms with Crippen molar-refractivity contribution in [3.63, 3.8) is 0 Å². The number of amidine groups is 2.